The summed E-state index contributed by atoms with van der Waals surface area (Å²) in [5.74, 6) is 0.903. The fraction of sp³-hybridized carbons (Fsp3) is 0.375. The largest absolute Gasteiger partial charge is 0.356 e. The summed E-state index contributed by atoms with van der Waals surface area (Å²) in [4.78, 5) is 29.7. The molecule has 2 amide bonds. The van der Waals surface area contributed by atoms with Crippen LogP contribution in [0.3, 0.4) is 0 Å². The summed E-state index contributed by atoms with van der Waals surface area (Å²) >= 11 is 0. The molecule has 32 heavy (non-hydrogen) atoms. The second-order valence-electron chi connectivity index (χ2n) is 7.62. The van der Waals surface area contributed by atoms with Crippen LogP contribution in [0.1, 0.15) is 39.9 Å². The highest BCUT2D eigenvalue weighted by Gasteiger charge is 2.19. The van der Waals surface area contributed by atoms with Gasteiger partial charge in [-0.15, -0.1) is 24.0 Å². The van der Waals surface area contributed by atoms with Crippen LogP contribution in [0.4, 0.5) is 0 Å². The van der Waals surface area contributed by atoms with Gasteiger partial charge in [0, 0.05) is 52.3 Å². The Balaban J connectivity index is 0.00000363. The van der Waals surface area contributed by atoms with Crippen LogP contribution in [0.2, 0.25) is 0 Å². The predicted octanol–water partition coefficient (Wildman–Crippen LogP) is 2.69. The molecule has 1 aliphatic heterocycles. The molecule has 0 aliphatic carbocycles. The smallest absolute Gasteiger partial charge is 0.251 e. The lowest BCUT2D eigenvalue weighted by molar-refractivity contribution is -0.128. The summed E-state index contributed by atoms with van der Waals surface area (Å²) in [6.07, 6.45) is 2.43. The first-order chi connectivity index (χ1) is 15.1. The molecular weight excluding hydrogens is 517 g/mol. The van der Waals surface area contributed by atoms with Crippen LogP contribution in [0.5, 0.6) is 0 Å². The van der Waals surface area contributed by atoms with Gasteiger partial charge in [0.25, 0.3) is 5.91 Å². The van der Waals surface area contributed by atoms with Gasteiger partial charge in [0.1, 0.15) is 0 Å². The van der Waals surface area contributed by atoms with Crippen LogP contribution in [-0.2, 0) is 24.3 Å². The maximum Gasteiger partial charge on any atom is 0.251 e. The SMILES string of the molecule is CN=C(NCCc1cccc(C(=O)NC)c1)NCc1ccc(CN2CCCC2=O)cc1.I. The van der Waals surface area contributed by atoms with Crippen molar-refractivity contribution in [2.24, 2.45) is 4.99 Å². The van der Waals surface area contributed by atoms with E-state index in [0.717, 1.165) is 42.0 Å². The number of rotatable bonds is 8. The third-order valence-corrected chi connectivity index (χ3v) is 5.37. The van der Waals surface area contributed by atoms with Gasteiger partial charge in [0.2, 0.25) is 5.91 Å². The summed E-state index contributed by atoms with van der Waals surface area (Å²) in [6, 6.07) is 16.0. The average molecular weight is 549 g/mol. The molecule has 0 radical (unpaired) electrons. The highest BCUT2D eigenvalue weighted by Crippen LogP contribution is 2.14. The van der Waals surface area contributed by atoms with Gasteiger partial charge in [-0.05, 0) is 41.7 Å². The number of carbonyl (C=O) groups is 2. The number of guanidine groups is 1. The predicted molar refractivity (Wildman–Crippen MR) is 138 cm³/mol. The Morgan fingerprint density at radius 2 is 1.81 bits per heavy atom. The fourth-order valence-electron chi connectivity index (χ4n) is 3.60. The topological polar surface area (TPSA) is 85.8 Å². The quantitative estimate of drug-likeness (QED) is 0.269. The van der Waals surface area contributed by atoms with Gasteiger partial charge in [-0.3, -0.25) is 14.6 Å². The molecule has 7 nitrogen and oxygen atoms in total. The van der Waals surface area contributed by atoms with E-state index in [2.05, 4.69) is 45.2 Å². The molecular formula is C24H32IN5O2. The molecule has 0 aromatic heterocycles. The van der Waals surface area contributed by atoms with Crippen LogP contribution in [0.25, 0.3) is 0 Å². The van der Waals surface area contributed by atoms with Crippen molar-refractivity contribution in [1.82, 2.24) is 20.9 Å². The number of hydrogen-bond donors (Lipinski definition) is 3. The van der Waals surface area contributed by atoms with Crippen molar-refractivity contribution in [3.8, 4) is 0 Å². The van der Waals surface area contributed by atoms with Crippen molar-refractivity contribution in [3.05, 3.63) is 70.8 Å². The van der Waals surface area contributed by atoms with Crippen molar-refractivity contribution in [3.63, 3.8) is 0 Å². The molecule has 0 bridgehead atoms. The van der Waals surface area contributed by atoms with Crippen LogP contribution < -0.4 is 16.0 Å². The first kappa shape index (κ1) is 25.6. The lowest BCUT2D eigenvalue weighted by atomic mass is 10.1. The maximum atomic E-state index is 11.8. The molecule has 172 valence electrons. The molecule has 8 heteroatoms. The number of aliphatic imine (C=N–C) groups is 1. The van der Waals surface area contributed by atoms with Gasteiger partial charge in [-0.2, -0.15) is 0 Å². The maximum absolute atomic E-state index is 11.8. The van der Waals surface area contributed by atoms with E-state index < -0.39 is 0 Å². The van der Waals surface area contributed by atoms with Gasteiger partial charge in [0.15, 0.2) is 5.96 Å². The number of carbonyl (C=O) groups excluding carboxylic acids is 2. The second-order valence-corrected chi connectivity index (χ2v) is 7.62. The van der Waals surface area contributed by atoms with Gasteiger partial charge < -0.3 is 20.9 Å². The van der Waals surface area contributed by atoms with Crippen molar-refractivity contribution in [1.29, 1.82) is 0 Å². The Bertz CT molecular complexity index is 930. The summed E-state index contributed by atoms with van der Waals surface area (Å²) < 4.78 is 0. The van der Waals surface area contributed by atoms with Gasteiger partial charge in [-0.25, -0.2) is 0 Å². The second kappa shape index (κ2) is 13.0. The van der Waals surface area contributed by atoms with Crippen LogP contribution in [0, 0.1) is 0 Å². The number of hydrogen-bond acceptors (Lipinski definition) is 3. The minimum absolute atomic E-state index is 0. The van der Waals surface area contributed by atoms with Crippen LogP contribution in [0.15, 0.2) is 53.5 Å². The van der Waals surface area contributed by atoms with Gasteiger partial charge >= 0.3 is 0 Å². The zero-order chi connectivity index (χ0) is 22.1. The van der Waals surface area contributed by atoms with E-state index in [1.54, 1.807) is 14.1 Å². The standard InChI is InChI=1S/C24H31N5O2.HI/c1-25-23(31)21-6-3-5-18(15-21)12-13-27-24(26-2)28-16-19-8-10-20(11-9-19)17-29-14-4-7-22(29)30;/h3,5-6,8-11,15H,4,7,12-14,16-17H2,1-2H3,(H,25,31)(H2,26,27,28);1H. The molecule has 1 aliphatic rings. The third kappa shape index (κ3) is 7.51. The molecule has 0 spiro atoms. The normalized spacial score (nSPS) is 13.5. The molecule has 0 unspecified atom stereocenters. The van der Waals surface area contributed by atoms with E-state index in [1.807, 2.05) is 29.2 Å². The molecule has 3 N–H and O–H groups in total. The molecule has 0 saturated carbocycles. The first-order valence-electron chi connectivity index (χ1n) is 10.7. The lowest BCUT2D eigenvalue weighted by Crippen LogP contribution is -2.37. The Morgan fingerprint density at radius 1 is 1.06 bits per heavy atom. The molecule has 2 aromatic rings. The van der Waals surface area contributed by atoms with Crippen molar-refractivity contribution < 1.29 is 9.59 Å². The Morgan fingerprint density at radius 3 is 2.47 bits per heavy atom. The van der Waals surface area contributed by atoms with E-state index in [0.29, 0.717) is 31.6 Å². The summed E-state index contributed by atoms with van der Waals surface area (Å²) in [5, 5.41) is 9.28. The Kier molecular flexibility index (Phi) is 10.5. The van der Waals surface area contributed by atoms with Crippen LogP contribution in [-0.4, -0.2) is 49.9 Å². The van der Waals surface area contributed by atoms with Gasteiger partial charge in [-0.1, -0.05) is 36.4 Å². The van der Waals surface area contributed by atoms with E-state index in [-0.39, 0.29) is 35.8 Å². The average Bonchev–Trinajstić information content (AvgIpc) is 3.21. The number of benzene rings is 2. The Hall–Kier alpha value is -2.62. The van der Waals surface area contributed by atoms with E-state index in [1.165, 1.54) is 0 Å². The summed E-state index contributed by atoms with van der Waals surface area (Å²) in [6.45, 7) is 2.92. The Labute approximate surface area is 207 Å². The number of amides is 2. The van der Waals surface area contributed by atoms with Crippen molar-refractivity contribution >= 4 is 41.8 Å². The molecule has 1 saturated heterocycles. The number of nitrogens with one attached hydrogen (secondary N) is 3. The zero-order valence-electron chi connectivity index (χ0n) is 18.7. The molecule has 0 atom stereocenters. The highest BCUT2D eigenvalue weighted by molar-refractivity contribution is 14.0. The minimum atomic E-state index is -0.0784. The molecule has 1 fully saturated rings. The lowest BCUT2D eigenvalue weighted by Gasteiger charge is -2.16. The number of likely N-dealkylation sites (tertiary alicyclic amines) is 1. The summed E-state index contributed by atoms with van der Waals surface area (Å²) in [7, 11) is 3.38. The van der Waals surface area contributed by atoms with E-state index in [4.69, 9.17) is 0 Å². The van der Waals surface area contributed by atoms with E-state index >= 15 is 0 Å². The molecule has 3 rings (SSSR count). The van der Waals surface area contributed by atoms with Gasteiger partial charge in [0.05, 0.1) is 0 Å². The molecule has 2 aromatic carbocycles. The fourth-order valence-corrected chi connectivity index (χ4v) is 3.60. The first-order valence-corrected chi connectivity index (χ1v) is 10.7. The third-order valence-electron chi connectivity index (χ3n) is 5.37. The highest BCUT2D eigenvalue weighted by atomic mass is 127. The minimum Gasteiger partial charge on any atom is -0.356 e. The molecule has 1 heterocycles. The monoisotopic (exact) mass is 549 g/mol. The zero-order valence-corrected chi connectivity index (χ0v) is 21.0. The van der Waals surface area contributed by atoms with E-state index in [9.17, 15) is 9.59 Å². The van der Waals surface area contributed by atoms with Crippen LogP contribution >= 0.6 is 24.0 Å². The summed E-state index contributed by atoms with van der Waals surface area (Å²) in [5.41, 5.74) is 4.06. The number of halogens is 1. The van der Waals surface area contributed by atoms with Crippen molar-refractivity contribution in [2.75, 3.05) is 27.2 Å². The van der Waals surface area contributed by atoms with Crippen molar-refractivity contribution in [2.45, 2.75) is 32.4 Å². The number of nitrogens with zero attached hydrogens (tertiary/aromatic N) is 2.